The van der Waals surface area contributed by atoms with Crippen molar-refractivity contribution >= 4 is 5.91 Å². The van der Waals surface area contributed by atoms with Gasteiger partial charge in [-0.1, -0.05) is 73.5 Å². The van der Waals surface area contributed by atoms with Crippen LogP contribution in [0.3, 0.4) is 0 Å². The Morgan fingerprint density at radius 2 is 1.52 bits per heavy atom. The molecular weight excluding hydrogens is 338 g/mol. The minimum Gasteiger partial charge on any atom is -0.349 e. The lowest BCUT2D eigenvalue weighted by Gasteiger charge is -2.16. The lowest BCUT2D eigenvalue weighted by atomic mass is 9.95. The molecule has 1 aliphatic rings. The highest BCUT2D eigenvalue weighted by molar-refractivity contribution is 6.03. The van der Waals surface area contributed by atoms with E-state index in [1.54, 1.807) is 0 Å². The smallest absolute Gasteiger partial charge is 0.277 e. The summed E-state index contributed by atoms with van der Waals surface area (Å²) >= 11 is 0. The van der Waals surface area contributed by atoms with Gasteiger partial charge in [-0.05, 0) is 18.4 Å². The van der Waals surface area contributed by atoms with Crippen molar-refractivity contribution in [3.63, 3.8) is 0 Å². The lowest BCUT2D eigenvalue weighted by molar-refractivity contribution is 0.0937. The zero-order valence-corrected chi connectivity index (χ0v) is 14.9. The van der Waals surface area contributed by atoms with Crippen LogP contribution in [-0.4, -0.2) is 22.1 Å². The number of benzene rings is 2. The monoisotopic (exact) mass is 359 g/mol. The normalized spacial score (nSPS) is 14.2. The van der Waals surface area contributed by atoms with Gasteiger partial charge in [-0.2, -0.15) is 5.10 Å². The third-order valence-electron chi connectivity index (χ3n) is 5.01. The molecule has 0 unspecified atom stereocenters. The van der Waals surface area contributed by atoms with Crippen LogP contribution in [0.15, 0.2) is 65.5 Å². The van der Waals surface area contributed by atoms with Gasteiger partial charge < -0.3 is 5.32 Å². The summed E-state index contributed by atoms with van der Waals surface area (Å²) in [5.41, 5.74) is 2.47. The second-order valence-electron chi connectivity index (χ2n) is 6.84. The first-order chi connectivity index (χ1) is 13.2. The third-order valence-corrected chi connectivity index (χ3v) is 5.01. The first-order valence-corrected chi connectivity index (χ1v) is 9.28. The Labute approximate surface area is 157 Å². The van der Waals surface area contributed by atoms with Gasteiger partial charge in [0.1, 0.15) is 5.56 Å². The van der Waals surface area contributed by atoms with Gasteiger partial charge in [0.2, 0.25) is 0 Å². The van der Waals surface area contributed by atoms with Crippen molar-refractivity contribution < 1.29 is 4.79 Å². The maximum absolute atomic E-state index is 13.0. The van der Waals surface area contributed by atoms with Crippen LogP contribution in [0.1, 0.15) is 36.0 Å². The van der Waals surface area contributed by atoms with Crippen LogP contribution in [0.25, 0.3) is 22.4 Å². The first kappa shape index (κ1) is 17.2. The van der Waals surface area contributed by atoms with E-state index in [9.17, 15) is 9.59 Å². The number of aromatic amines is 1. The maximum atomic E-state index is 13.0. The molecule has 0 bridgehead atoms. The van der Waals surface area contributed by atoms with Gasteiger partial charge in [0.25, 0.3) is 11.5 Å². The molecule has 1 fully saturated rings. The first-order valence-electron chi connectivity index (χ1n) is 9.28. The van der Waals surface area contributed by atoms with Crippen LogP contribution in [-0.2, 0) is 0 Å². The predicted octanol–water partition coefficient (Wildman–Crippen LogP) is 3.78. The second kappa shape index (κ2) is 7.58. The standard InChI is InChI=1S/C22H21N3O2/c26-21(23-17-13-7-8-14-17)19-18(15-9-3-1-4-10-15)20(24-25-22(19)27)16-11-5-2-6-12-16/h1-6,9-12,17H,7-8,13-14H2,(H,23,26)(H,25,27). The highest BCUT2D eigenvalue weighted by Gasteiger charge is 2.25. The predicted molar refractivity (Wildman–Crippen MR) is 105 cm³/mol. The summed E-state index contributed by atoms with van der Waals surface area (Å²) in [4.78, 5) is 25.7. The summed E-state index contributed by atoms with van der Waals surface area (Å²) in [5, 5.41) is 9.84. The molecule has 1 amide bonds. The average molecular weight is 359 g/mol. The third kappa shape index (κ3) is 3.53. The number of rotatable bonds is 4. The molecular formula is C22H21N3O2. The van der Waals surface area contributed by atoms with E-state index in [2.05, 4.69) is 15.5 Å². The van der Waals surface area contributed by atoms with E-state index in [1.165, 1.54) is 0 Å². The molecule has 136 valence electrons. The number of amides is 1. The summed E-state index contributed by atoms with van der Waals surface area (Å²) in [6.45, 7) is 0. The van der Waals surface area contributed by atoms with Crippen molar-refractivity contribution in [3.8, 4) is 22.4 Å². The second-order valence-corrected chi connectivity index (χ2v) is 6.84. The van der Waals surface area contributed by atoms with Crippen LogP contribution >= 0.6 is 0 Å². The number of hydrogen-bond acceptors (Lipinski definition) is 3. The quantitative estimate of drug-likeness (QED) is 0.744. The van der Waals surface area contributed by atoms with Crippen molar-refractivity contribution in [2.75, 3.05) is 0 Å². The number of carbonyl (C=O) groups excluding carboxylic acids is 1. The average Bonchev–Trinajstić information content (AvgIpc) is 3.22. The highest BCUT2D eigenvalue weighted by Crippen LogP contribution is 2.31. The van der Waals surface area contributed by atoms with Gasteiger partial charge >= 0.3 is 0 Å². The zero-order chi connectivity index (χ0) is 18.6. The Kier molecular flexibility index (Phi) is 4.83. The molecule has 2 N–H and O–H groups in total. The topological polar surface area (TPSA) is 74.8 Å². The molecule has 1 saturated carbocycles. The molecule has 2 aromatic carbocycles. The molecule has 3 aromatic rings. The van der Waals surface area contributed by atoms with E-state index in [4.69, 9.17) is 0 Å². The van der Waals surface area contributed by atoms with Gasteiger partial charge in [0.05, 0.1) is 5.69 Å². The van der Waals surface area contributed by atoms with Gasteiger partial charge in [-0.15, -0.1) is 0 Å². The van der Waals surface area contributed by atoms with E-state index >= 15 is 0 Å². The van der Waals surface area contributed by atoms with E-state index in [0.29, 0.717) is 11.3 Å². The number of nitrogens with zero attached hydrogens (tertiary/aromatic N) is 1. The summed E-state index contributed by atoms with van der Waals surface area (Å²) < 4.78 is 0. The highest BCUT2D eigenvalue weighted by atomic mass is 16.2. The van der Waals surface area contributed by atoms with Crippen LogP contribution in [0, 0.1) is 0 Å². The molecule has 0 aliphatic heterocycles. The fourth-order valence-corrected chi connectivity index (χ4v) is 3.69. The maximum Gasteiger partial charge on any atom is 0.277 e. The fourth-order valence-electron chi connectivity index (χ4n) is 3.69. The van der Waals surface area contributed by atoms with E-state index in [1.807, 2.05) is 60.7 Å². The van der Waals surface area contributed by atoms with Crippen molar-refractivity contribution in [1.82, 2.24) is 15.5 Å². The molecule has 4 rings (SSSR count). The Morgan fingerprint density at radius 1 is 0.926 bits per heavy atom. The summed E-state index contributed by atoms with van der Waals surface area (Å²) in [7, 11) is 0. The van der Waals surface area contributed by atoms with Crippen molar-refractivity contribution in [1.29, 1.82) is 0 Å². The van der Waals surface area contributed by atoms with Gasteiger partial charge in [-0.3, -0.25) is 9.59 Å². The van der Waals surface area contributed by atoms with Gasteiger partial charge in [0.15, 0.2) is 0 Å². The van der Waals surface area contributed by atoms with Crippen molar-refractivity contribution in [2.24, 2.45) is 0 Å². The van der Waals surface area contributed by atoms with Crippen molar-refractivity contribution in [3.05, 3.63) is 76.6 Å². The van der Waals surface area contributed by atoms with Crippen LogP contribution < -0.4 is 10.9 Å². The van der Waals surface area contributed by atoms with E-state index in [-0.39, 0.29) is 17.5 Å². The van der Waals surface area contributed by atoms with Gasteiger partial charge in [-0.25, -0.2) is 5.10 Å². The molecule has 0 atom stereocenters. The molecule has 5 heteroatoms. The van der Waals surface area contributed by atoms with E-state index in [0.717, 1.165) is 36.8 Å². The fraction of sp³-hybridized carbons (Fsp3) is 0.227. The molecule has 1 aliphatic carbocycles. The lowest BCUT2D eigenvalue weighted by Crippen LogP contribution is -2.37. The molecule has 1 heterocycles. The molecule has 1 aromatic heterocycles. The molecule has 5 nitrogen and oxygen atoms in total. The summed E-state index contributed by atoms with van der Waals surface area (Å²) in [5.74, 6) is -0.332. The molecule has 0 saturated heterocycles. The Hall–Kier alpha value is -3.21. The Bertz CT molecular complexity index is 991. The van der Waals surface area contributed by atoms with Crippen LogP contribution in [0.2, 0.25) is 0 Å². The van der Waals surface area contributed by atoms with E-state index < -0.39 is 5.56 Å². The number of carbonyl (C=O) groups is 1. The SMILES string of the molecule is O=C(NC1CCCC1)c1c(-c2ccccc2)c(-c2ccccc2)n[nH]c1=O. The summed E-state index contributed by atoms with van der Waals surface area (Å²) in [6, 6.07) is 19.2. The minimum atomic E-state index is -0.468. The Morgan fingerprint density at radius 3 is 2.15 bits per heavy atom. The number of nitrogens with one attached hydrogen (secondary N) is 2. The largest absolute Gasteiger partial charge is 0.349 e. The molecule has 27 heavy (non-hydrogen) atoms. The zero-order valence-electron chi connectivity index (χ0n) is 14.9. The molecule has 0 spiro atoms. The Balaban J connectivity index is 1.89. The number of H-pyrrole nitrogens is 1. The van der Waals surface area contributed by atoms with Gasteiger partial charge in [0, 0.05) is 17.2 Å². The number of hydrogen-bond donors (Lipinski definition) is 2. The minimum absolute atomic E-state index is 0.127. The summed E-state index contributed by atoms with van der Waals surface area (Å²) in [6.07, 6.45) is 4.14. The van der Waals surface area contributed by atoms with Crippen LogP contribution in [0.5, 0.6) is 0 Å². The van der Waals surface area contributed by atoms with Crippen LogP contribution in [0.4, 0.5) is 0 Å². The number of aromatic nitrogens is 2. The van der Waals surface area contributed by atoms with Crippen molar-refractivity contribution in [2.45, 2.75) is 31.7 Å². The molecule has 0 radical (unpaired) electrons.